The van der Waals surface area contributed by atoms with Crippen LogP contribution in [0.1, 0.15) is 50.3 Å². The van der Waals surface area contributed by atoms with Gasteiger partial charge < -0.3 is 10.2 Å². The lowest BCUT2D eigenvalue weighted by Crippen LogP contribution is -2.49. The molecule has 2 rings (SSSR count). The molecule has 0 bridgehead atoms. The Balaban J connectivity index is 2.18. The zero-order chi connectivity index (χ0) is 26.3. The van der Waals surface area contributed by atoms with Crippen molar-refractivity contribution in [3.8, 4) is 0 Å². The highest BCUT2D eigenvalue weighted by Crippen LogP contribution is 2.22. The molecule has 0 heterocycles. The van der Waals surface area contributed by atoms with Crippen LogP contribution in [0.25, 0.3) is 0 Å². The molecule has 0 aliphatic rings. The van der Waals surface area contributed by atoms with Crippen molar-refractivity contribution in [1.29, 1.82) is 0 Å². The quantitative estimate of drug-likeness (QED) is 0.473. The Kier molecular flexibility index (Phi) is 10.2. The molecule has 0 saturated heterocycles. The van der Waals surface area contributed by atoms with Crippen molar-refractivity contribution in [2.45, 2.75) is 66.1 Å². The third-order valence-electron chi connectivity index (χ3n) is 5.80. The van der Waals surface area contributed by atoms with Crippen LogP contribution in [0.15, 0.2) is 42.5 Å². The molecular formula is C26H36ClN3O4S. The van der Waals surface area contributed by atoms with Crippen LogP contribution in [0.4, 0.5) is 5.69 Å². The molecule has 35 heavy (non-hydrogen) atoms. The number of hydrogen-bond donors (Lipinski definition) is 1. The number of carbonyl (C=O) groups is 2. The number of aryl methyl sites for hydroxylation is 2. The average molecular weight is 522 g/mol. The first kappa shape index (κ1) is 28.7. The fourth-order valence-corrected chi connectivity index (χ4v) is 4.74. The SMILES string of the molecule is Cc1ccc(N(CCCC(=O)N(Cc2ccc(Cl)cc2)[C@H](C)C(=O)NC(C)C)S(C)(=O)=O)cc1C. The van der Waals surface area contributed by atoms with E-state index in [4.69, 9.17) is 11.6 Å². The molecule has 0 aliphatic carbocycles. The normalized spacial score (nSPS) is 12.3. The van der Waals surface area contributed by atoms with Gasteiger partial charge in [0.05, 0.1) is 11.9 Å². The molecule has 9 heteroatoms. The van der Waals surface area contributed by atoms with Gasteiger partial charge in [-0.2, -0.15) is 0 Å². The summed E-state index contributed by atoms with van der Waals surface area (Å²) in [6.07, 6.45) is 1.58. The maximum Gasteiger partial charge on any atom is 0.242 e. The molecule has 1 atom stereocenters. The van der Waals surface area contributed by atoms with E-state index in [-0.39, 0.29) is 37.4 Å². The maximum absolute atomic E-state index is 13.3. The molecule has 7 nitrogen and oxygen atoms in total. The van der Waals surface area contributed by atoms with Crippen LogP contribution in [0.3, 0.4) is 0 Å². The van der Waals surface area contributed by atoms with Gasteiger partial charge in [0, 0.05) is 30.6 Å². The van der Waals surface area contributed by atoms with E-state index in [0.717, 1.165) is 22.9 Å². The highest BCUT2D eigenvalue weighted by Gasteiger charge is 2.27. The summed E-state index contributed by atoms with van der Waals surface area (Å²) in [5.74, 6) is -0.463. The molecule has 0 saturated carbocycles. The van der Waals surface area contributed by atoms with Crippen molar-refractivity contribution in [3.05, 3.63) is 64.2 Å². The van der Waals surface area contributed by atoms with Gasteiger partial charge in [-0.1, -0.05) is 29.8 Å². The maximum atomic E-state index is 13.3. The van der Waals surface area contributed by atoms with E-state index >= 15 is 0 Å². The number of sulfonamides is 1. The summed E-state index contributed by atoms with van der Waals surface area (Å²) in [7, 11) is -3.53. The van der Waals surface area contributed by atoms with Gasteiger partial charge in [0.1, 0.15) is 6.04 Å². The molecule has 2 amide bonds. The minimum absolute atomic E-state index is 0.0567. The minimum Gasteiger partial charge on any atom is -0.352 e. The van der Waals surface area contributed by atoms with Crippen molar-refractivity contribution < 1.29 is 18.0 Å². The largest absolute Gasteiger partial charge is 0.352 e. The number of carbonyl (C=O) groups excluding carboxylic acids is 2. The van der Waals surface area contributed by atoms with E-state index in [1.165, 1.54) is 9.21 Å². The standard InChI is InChI=1S/C26H36ClN3O4S/c1-18(2)28-26(32)21(5)29(17-22-10-12-23(27)13-11-22)25(31)8-7-15-30(35(6,33)34)24-14-9-19(3)20(4)16-24/h9-14,16,18,21H,7-8,15,17H2,1-6H3,(H,28,32)/t21-/m1/s1. The number of benzene rings is 2. The first-order valence-corrected chi connectivity index (χ1v) is 13.9. The monoisotopic (exact) mass is 521 g/mol. The van der Waals surface area contributed by atoms with Crippen molar-refractivity contribution in [3.63, 3.8) is 0 Å². The fourth-order valence-electron chi connectivity index (χ4n) is 3.66. The first-order valence-electron chi connectivity index (χ1n) is 11.7. The van der Waals surface area contributed by atoms with Gasteiger partial charge in [0.25, 0.3) is 0 Å². The summed E-state index contributed by atoms with van der Waals surface area (Å²) in [6, 6.07) is 11.9. The van der Waals surface area contributed by atoms with Crippen molar-refractivity contribution in [2.75, 3.05) is 17.1 Å². The van der Waals surface area contributed by atoms with E-state index in [1.807, 2.05) is 52.0 Å². The van der Waals surface area contributed by atoms with Crippen molar-refractivity contribution >= 4 is 39.1 Å². The van der Waals surface area contributed by atoms with Gasteiger partial charge in [0.15, 0.2) is 0 Å². The van der Waals surface area contributed by atoms with Crippen LogP contribution >= 0.6 is 11.6 Å². The minimum atomic E-state index is -3.53. The Morgan fingerprint density at radius 3 is 2.17 bits per heavy atom. The van der Waals surface area contributed by atoms with Crippen LogP contribution in [0.5, 0.6) is 0 Å². The van der Waals surface area contributed by atoms with E-state index in [0.29, 0.717) is 17.1 Å². The summed E-state index contributed by atoms with van der Waals surface area (Å²) in [6.45, 7) is 9.73. The summed E-state index contributed by atoms with van der Waals surface area (Å²) < 4.78 is 26.3. The van der Waals surface area contributed by atoms with Gasteiger partial charge in [0.2, 0.25) is 21.8 Å². The Morgan fingerprint density at radius 1 is 1.00 bits per heavy atom. The summed E-state index contributed by atoms with van der Waals surface area (Å²) in [5.41, 5.74) is 3.49. The lowest BCUT2D eigenvalue weighted by molar-refractivity contribution is -0.140. The van der Waals surface area contributed by atoms with E-state index in [1.54, 1.807) is 25.1 Å². The third-order valence-corrected chi connectivity index (χ3v) is 7.24. The third kappa shape index (κ3) is 8.54. The van der Waals surface area contributed by atoms with Crippen LogP contribution in [-0.4, -0.2) is 50.0 Å². The first-order chi connectivity index (χ1) is 16.3. The summed E-state index contributed by atoms with van der Waals surface area (Å²) >= 11 is 5.99. The molecule has 192 valence electrons. The number of nitrogens with zero attached hydrogens (tertiary/aromatic N) is 2. The second-order valence-electron chi connectivity index (χ2n) is 9.19. The summed E-state index contributed by atoms with van der Waals surface area (Å²) in [5, 5.41) is 3.44. The Bertz CT molecular complexity index is 1130. The number of halogens is 1. The molecule has 0 unspecified atom stereocenters. The molecule has 1 N–H and O–H groups in total. The van der Waals surface area contributed by atoms with Gasteiger partial charge in [-0.25, -0.2) is 8.42 Å². The summed E-state index contributed by atoms with van der Waals surface area (Å²) in [4.78, 5) is 27.5. The highest BCUT2D eigenvalue weighted by molar-refractivity contribution is 7.92. The predicted molar refractivity (Wildman–Crippen MR) is 142 cm³/mol. The predicted octanol–water partition coefficient (Wildman–Crippen LogP) is 4.44. The lowest BCUT2D eigenvalue weighted by Gasteiger charge is -2.30. The van der Waals surface area contributed by atoms with Gasteiger partial charge in [-0.15, -0.1) is 0 Å². The van der Waals surface area contributed by atoms with E-state index < -0.39 is 16.1 Å². The molecule has 2 aromatic carbocycles. The molecule has 0 aromatic heterocycles. The van der Waals surface area contributed by atoms with Crippen molar-refractivity contribution in [1.82, 2.24) is 10.2 Å². The number of anilines is 1. The van der Waals surface area contributed by atoms with Gasteiger partial charge >= 0.3 is 0 Å². The fraction of sp³-hybridized carbons (Fsp3) is 0.462. The van der Waals surface area contributed by atoms with Crippen molar-refractivity contribution in [2.24, 2.45) is 0 Å². The van der Waals surface area contributed by atoms with Gasteiger partial charge in [-0.3, -0.25) is 13.9 Å². The van der Waals surface area contributed by atoms with Crippen LogP contribution in [0, 0.1) is 13.8 Å². The van der Waals surface area contributed by atoms with Gasteiger partial charge in [-0.05, 0) is 82.0 Å². The Hall–Kier alpha value is -2.58. The van der Waals surface area contributed by atoms with Crippen LogP contribution in [-0.2, 0) is 26.2 Å². The molecule has 0 fully saturated rings. The second-order valence-corrected chi connectivity index (χ2v) is 11.5. The highest BCUT2D eigenvalue weighted by atomic mass is 35.5. The van der Waals surface area contributed by atoms with E-state index in [9.17, 15) is 18.0 Å². The number of nitrogens with one attached hydrogen (secondary N) is 1. The average Bonchev–Trinajstić information content (AvgIpc) is 2.76. The zero-order valence-electron chi connectivity index (χ0n) is 21.3. The Morgan fingerprint density at radius 2 is 1.63 bits per heavy atom. The van der Waals surface area contributed by atoms with Crippen LogP contribution in [0.2, 0.25) is 5.02 Å². The van der Waals surface area contributed by atoms with E-state index in [2.05, 4.69) is 5.32 Å². The van der Waals surface area contributed by atoms with Crippen LogP contribution < -0.4 is 9.62 Å². The number of rotatable bonds is 11. The smallest absolute Gasteiger partial charge is 0.242 e. The lowest BCUT2D eigenvalue weighted by atomic mass is 10.1. The molecular weight excluding hydrogens is 486 g/mol. The topological polar surface area (TPSA) is 86.8 Å². The molecule has 0 radical (unpaired) electrons. The molecule has 0 spiro atoms. The number of hydrogen-bond acceptors (Lipinski definition) is 4. The molecule has 2 aromatic rings. The zero-order valence-corrected chi connectivity index (χ0v) is 22.9. The second kappa shape index (κ2) is 12.4. The number of amides is 2. The molecule has 0 aliphatic heterocycles. The Labute approximate surface area is 214 Å².